The number of piperazine rings is 1. The van der Waals surface area contributed by atoms with Crippen molar-refractivity contribution in [2.75, 3.05) is 31.1 Å². The number of aromatic carboxylic acids is 1. The van der Waals surface area contributed by atoms with Crippen LogP contribution >= 0.6 is 0 Å². The molecule has 0 radical (unpaired) electrons. The van der Waals surface area contributed by atoms with Gasteiger partial charge < -0.3 is 24.2 Å². The van der Waals surface area contributed by atoms with Crippen molar-refractivity contribution < 1.29 is 19.4 Å². The molecule has 1 aliphatic heterocycles. The van der Waals surface area contributed by atoms with E-state index in [9.17, 15) is 20.0 Å². The van der Waals surface area contributed by atoms with Gasteiger partial charge in [0, 0.05) is 32.7 Å². The third kappa shape index (κ3) is 4.02. The Hall–Kier alpha value is -2.76. The number of carboxylic acids is 1. The van der Waals surface area contributed by atoms with E-state index >= 15 is 0 Å². The highest BCUT2D eigenvalue weighted by Gasteiger charge is 2.29. The lowest BCUT2D eigenvalue weighted by atomic mass is 10.2. The molecule has 1 aliphatic rings. The maximum absolute atomic E-state index is 12.1. The molecule has 0 aliphatic carbocycles. The number of nitriles is 1. The SMILES string of the molecule is CCn1c(N2CCN(C(=O)OC(C)(C)C)CC2)nc(C(=O)O)c1C#N. The van der Waals surface area contributed by atoms with E-state index < -0.39 is 11.6 Å². The fourth-order valence-electron chi connectivity index (χ4n) is 2.66. The fraction of sp³-hybridized carbons (Fsp3) is 0.625. The van der Waals surface area contributed by atoms with Crippen molar-refractivity contribution in [1.29, 1.82) is 5.26 Å². The number of nitrogens with zero attached hydrogens (tertiary/aromatic N) is 5. The molecule has 0 bridgehead atoms. The zero-order chi connectivity index (χ0) is 18.8. The number of carbonyl (C=O) groups excluding carboxylic acids is 1. The van der Waals surface area contributed by atoms with Gasteiger partial charge in [0.1, 0.15) is 11.7 Å². The number of hydrogen-bond acceptors (Lipinski definition) is 6. The molecule has 1 N–H and O–H groups in total. The number of carbonyl (C=O) groups is 2. The van der Waals surface area contributed by atoms with Gasteiger partial charge in [-0.25, -0.2) is 14.6 Å². The first-order chi connectivity index (χ1) is 11.7. The van der Waals surface area contributed by atoms with Crippen molar-refractivity contribution in [3.63, 3.8) is 0 Å². The largest absolute Gasteiger partial charge is 0.476 e. The number of rotatable bonds is 3. The van der Waals surface area contributed by atoms with Crippen LogP contribution in [-0.2, 0) is 11.3 Å². The summed E-state index contributed by atoms with van der Waals surface area (Å²) in [6.45, 7) is 9.56. The summed E-state index contributed by atoms with van der Waals surface area (Å²) in [6, 6.07) is 1.92. The lowest BCUT2D eigenvalue weighted by molar-refractivity contribution is 0.0239. The first-order valence-corrected chi connectivity index (χ1v) is 8.14. The molecule has 2 heterocycles. The zero-order valence-corrected chi connectivity index (χ0v) is 14.9. The van der Waals surface area contributed by atoms with E-state index in [0.29, 0.717) is 38.7 Å². The molecule has 136 valence electrons. The molecule has 9 nitrogen and oxygen atoms in total. The number of anilines is 1. The van der Waals surface area contributed by atoms with Gasteiger partial charge in [0.2, 0.25) is 5.95 Å². The number of amides is 1. The highest BCUT2D eigenvalue weighted by atomic mass is 16.6. The first kappa shape index (κ1) is 18.6. The third-order valence-corrected chi connectivity index (χ3v) is 3.79. The summed E-state index contributed by atoms with van der Waals surface area (Å²) in [6.07, 6.45) is -0.366. The van der Waals surface area contributed by atoms with Crippen LogP contribution in [0.1, 0.15) is 43.9 Å². The Bertz CT molecular complexity index is 705. The van der Waals surface area contributed by atoms with E-state index in [-0.39, 0.29) is 17.5 Å². The molecule has 0 saturated carbocycles. The average molecular weight is 349 g/mol. The predicted octanol–water partition coefficient (Wildman–Crippen LogP) is 1.53. The maximum Gasteiger partial charge on any atom is 0.410 e. The lowest BCUT2D eigenvalue weighted by Crippen LogP contribution is -2.50. The Balaban J connectivity index is 2.15. The van der Waals surface area contributed by atoms with Gasteiger partial charge in [0.25, 0.3) is 0 Å². The summed E-state index contributed by atoms with van der Waals surface area (Å²) in [7, 11) is 0. The summed E-state index contributed by atoms with van der Waals surface area (Å²) in [5.41, 5.74) is -0.751. The van der Waals surface area contributed by atoms with Crippen molar-refractivity contribution in [3.05, 3.63) is 11.4 Å². The Morgan fingerprint density at radius 2 is 1.88 bits per heavy atom. The van der Waals surface area contributed by atoms with Crippen molar-refractivity contribution in [3.8, 4) is 6.07 Å². The Morgan fingerprint density at radius 3 is 2.32 bits per heavy atom. The Kier molecular flexibility index (Phi) is 5.21. The van der Waals surface area contributed by atoms with Crippen LogP contribution in [0.25, 0.3) is 0 Å². The standard InChI is InChI=1S/C16H23N5O4/c1-5-21-11(10-17)12(13(22)23)18-14(21)19-6-8-20(9-7-19)15(24)25-16(2,3)4/h5-9H2,1-4H3,(H,22,23). The summed E-state index contributed by atoms with van der Waals surface area (Å²) in [5, 5.41) is 18.5. The van der Waals surface area contributed by atoms with Gasteiger partial charge in [-0.2, -0.15) is 5.26 Å². The molecule has 1 aromatic heterocycles. The number of ether oxygens (including phenoxy) is 1. The van der Waals surface area contributed by atoms with E-state index in [1.54, 1.807) is 9.47 Å². The highest BCUT2D eigenvalue weighted by Crippen LogP contribution is 2.22. The van der Waals surface area contributed by atoms with Crippen LogP contribution in [0, 0.1) is 11.3 Å². The van der Waals surface area contributed by atoms with Gasteiger partial charge in [-0.3, -0.25) is 0 Å². The average Bonchev–Trinajstić information content (AvgIpc) is 2.92. The normalized spacial score (nSPS) is 15.0. The lowest BCUT2D eigenvalue weighted by Gasteiger charge is -2.36. The molecule has 2 rings (SSSR count). The predicted molar refractivity (Wildman–Crippen MR) is 89.6 cm³/mol. The van der Waals surface area contributed by atoms with Gasteiger partial charge in [-0.1, -0.05) is 0 Å². The molecule has 1 aromatic rings. The van der Waals surface area contributed by atoms with Crippen LogP contribution < -0.4 is 4.90 Å². The Morgan fingerprint density at radius 1 is 1.28 bits per heavy atom. The van der Waals surface area contributed by atoms with E-state index in [4.69, 9.17) is 4.74 Å². The number of aromatic nitrogens is 2. The minimum atomic E-state index is -1.22. The fourth-order valence-corrected chi connectivity index (χ4v) is 2.66. The van der Waals surface area contributed by atoms with E-state index in [0.717, 1.165) is 0 Å². The minimum Gasteiger partial charge on any atom is -0.476 e. The molecule has 0 atom stereocenters. The quantitative estimate of drug-likeness (QED) is 0.880. The van der Waals surface area contributed by atoms with Crippen molar-refractivity contribution in [1.82, 2.24) is 14.5 Å². The third-order valence-electron chi connectivity index (χ3n) is 3.79. The van der Waals surface area contributed by atoms with Crippen LogP contribution in [0.2, 0.25) is 0 Å². The van der Waals surface area contributed by atoms with E-state index in [1.165, 1.54) is 0 Å². The summed E-state index contributed by atoms with van der Waals surface area (Å²) in [5.74, 6) is -0.780. The molecule has 9 heteroatoms. The maximum atomic E-state index is 12.1. The van der Waals surface area contributed by atoms with E-state index in [2.05, 4.69) is 4.98 Å². The van der Waals surface area contributed by atoms with Gasteiger partial charge in [0.15, 0.2) is 11.4 Å². The van der Waals surface area contributed by atoms with E-state index in [1.807, 2.05) is 38.7 Å². The second-order valence-electron chi connectivity index (χ2n) is 6.72. The summed E-state index contributed by atoms with van der Waals surface area (Å²) < 4.78 is 6.95. The van der Waals surface area contributed by atoms with Crippen LogP contribution in [-0.4, -0.2) is 63.4 Å². The van der Waals surface area contributed by atoms with Crippen LogP contribution in [0.15, 0.2) is 0 Å². The first-order valence-electron chi connectivity index (χ1n) is 8.14. The van der Waals surface area contributed by atoms with Crippen molar-refractivity contribution in [2.24, 2.45) is 0 Å². The molecule has 1 saturated heterocycles. The monoisotopic (exact) mass is 349 g/mol. The molecule has 1 fully saturated rings. The smallest absolute Gasteiger partial charge is 0.410 e. The van der Waals surface area contributed by atoms with Crippen molar-refractivity contribution >= 4 is 18.0 Å². The molecule has 0 spiro atoms. The van der Waals surface area contributed by atoms with Crippen LogP contribution in [0.4, 0.5) is 10.7 Å². The molecule has 1 amide bonds. The van der Waals surface area contributed by atoms with Crippen LogP contribution in [0.5, 0.6) is 0 Å². The molecular formula is C16H23N5O4. The number of imidazole rings is 1. The molecular weight excluding hydrogens is 326 g/mol. The molecule has 0 unspecified atom stereocenters. The van der Waals surface area contributed by atoms with Crippen molar-refractivity contribution in [2.45, 2.75) is 39.8 Å². The van der Waals surface area contributed by atoms with Gasteiger partial charge in [-0.15, -0.1) is 0 Å². The number of hydrogen-bond donors (Lipinski definition) is 1. The molecule has 25 heavy (non-hydrogen) atoms. The van der Waals surface area contributed by atoms with Gasteiger partial charge in [0.05, 0.1) is 0 Å². The van der Waals surface area contributed by atoms with Gasteiger partial charge >= 0.3 is 12.1 Å². The second-order valence-corrected chi connectivity index (χ2v) is 6.72. The van der Waals surface area contributed by atoms with Crippen LogP contribution in [0.3, 0.4) is 0 Å². The van der Waals surface area contributed by atoms with Gasteiger partial charge in [-0.05, 0) is 27.7 Å². The highest BCUT2D eigenvalue weighted by molar-refractivity contribution is 5.88. The molecule has 0 aromatic carbocycles. The zero-order valence-electron chi connectivity index (χ0n) is 14.9. The summed E-state index contributed by atoms with van der Waals surface area (Å²) in [4.78, 5) is 31.1. The Labute approximate surface area is 146 Å². The topological polar surface area (TPSA) is 112 Å². The summed E-state index contributed by atoms with van der Waals surface area (Å²) >= 11 is 0. The second kappa shape index (κ2) is 7.01. The minimum absolute atomic E-state index is 0.0413. The number of carboxylic acid groups (broad SMARTS) is 1.